The molecule has 0 atom stereocenters. The van der Waals surface area contributed by atoms with Gasteiger partial charge in [0.15, 0.2) is 0 Å². The van der Waals surface area contributed by atoms with Gasteiger partial charge < -0.3 is 9.72 Å². The Labute approximate surface area is 109 Å². The van der Waals surface area contributed by atoms with Crippen molar-refractivity contribution in [3.8, 4) is 0 Å². The minimum atomic E-state index is -0.239. The zero-order chi connectivity index (χ0) is 13.2. The first-order valence-electron chi connectivity index (χ1n) is 5.74. The highest BCUT2D eigenvalue weighted by atomic mass is 16.1. The molecule has 0 saturated carbocycles. The summed E-state index contributed by atoms with van der Waals surface area (Å²) in [6.45, 7) is 1.92. The van der Waals surface area contributed by atoms with Crippen LogP contribution in [0.3, 0.4) is 0 Å². The van der Waals surface area contributed by atoms with Gasteiger partial charge in [0.05, 0.1) is 16.9 Å². The van der Waals surface area contributed by atoms with Gasteiger partial charge in [-0.15, -0.1) is 0 Å². The highest BCUT2D eigenvalue weighted by Gasteiger charge is 2.07. The summed E-state index contributed by atoms with van der Waals surface area (Å²) in [5, 5.41) is 2.79. The molecule has 0 unspecified atom stereocenters. The van der Waals surface area contributed by atoms with Crippen molar-refractivity contribution < 1.29 is 4.79 Å². The van der Waals surface area contributed by atoms with E-state index in [0.717, 1.165) is 11.3 Å². The second-order valence-electron chi connectivity index (χ2n) is 4.15. The number of aryl methyl sites for hydroxylation is 1. The summed E-state index contributed by atoms with van der Waals surface area (Å²) < 4.78 is 1.87. The van der Waals surface area contributed by atoms with Crippen LogP contribution in [-0.2, 0) is 0 Å². The Morgan fingerprint density at radius 2 is 2.00 bits per heavy atom. The van der Waals surface area contributed by atoms with Crippen molar-refractivity contribution in [2.45, 2.75) is 6.92 Å². The highest BCUT2D eigenvalue weighted by Crippen LogP contribution is 2.12. The molecule has 94 valence electrons. The first-order valence-corrected chi connectivity index (χ1v) is 5.74. The van der Waals surface area contributed by atoms with Gasteiger partial charge in [0.1, 0.15) is 12.0 Å². The number of rotatable bonds is 2. The fourth-order valence-electron chi connectivity index (χ4n) is 1.81. The van der Waals surface area contributed by atoms with E-state index >= 15 is 0 Å². The Kier molecular flexibility index (Phi) is 2.68. The lowest BCUT2D eigenvalue weighted by Gasteiger charge is -2.05. The standard InChI is InChI=1S/C13H11N5O/c1-9-6-18-7-11(2-3-12(18)16-9)17-13(19)10-4-14-8-15-5-10/h2-8H,1H3,(H,17,19). The number of nitrogens with zero attached hydrogens (tertiary/aromatic N) is 4. The summed E-state index contributed by atoms with van der Waals surface area (Å²) in [5.74, 6) is -0.239. The van der Waals surface area contributed by atoms with Crippen LogP contribution in [0.15, 0.2) is 43.2 Å². The van der Waals surface area contributed by atoms with Gasteiger partial charge in [-0.2, -0.15) is 0 Å². The van der Waals surface area contributed by atoms with E-state index in [9.17, 15) is 4.79 Å². The number of carbonyl (C=O) groups excluding carboxylic acids is 1. The molecule has 0 spiro atoms. The van der Waals surface area contributed by atoms with Gasteiger partial charge in [-0.3, -0.25) is 4.79 Å². The van der Waals surface area contributed by atoms with Crippen LogP contribution in [0.5, 0.6) is 0 Å². The van der Waals surface area contributed by atoms with Crippen LogP contribution in [0.25, 0.3) is 5.65 Å². The molecule has 0 aliphatic rings. The molecule has 0 aliphatic heterocycles. The molecular weight excluding hydrogens is 242 g/mol. The van der Waals surface area contributed by atoms with Gasteiger partial charge in [-0.05, 0) is 19.1 Å². The van der Waals surface area contributed by atoms with E-state index in [1.165, 1.54) is 18.7 Å². The average Bonchev–Trinajstić information content (AvgIpc) is 2.79. The van der Waals surface area contributed by atoms with Crippen molar-refractivity contribution in [3.05, 3.63) is 54.5 Å². The van der Waals surface area contributed by atoms with Crippen molar-refractivity contribution in [3.63, 3.8) is 0 Å². The molecule has 0 radical (unpaired) electrons. The summed E-state index contributed by atoms with van der Waals surface area (Å²) >= 11 is 0. The van der Waals surface area contributed by atoms with Crippen molar-refractivity contribution in [2.75, 3.05) is 5.32 Å². The van der Waals surface area contributed by atoms with Crippen molar-refractivity contribution >= 4 is 17.2 Å². The normalized spacial score (nSPS) is 10.6. The number of hydrogen-bond acceptors (Lipinski definition) is 4. The minimum Gasteiger partial charge on any atom is -0.321 e. The van der Waals surface area contributed by atoms with E-state index in [1.54, 1.807) is 0 Å². The SMILES string of the molecule is Cc1cn2cc(NC(=O)c3cncnc3)ccc2n1. The second kappa shape index (κ2) is 4.49. The molecular formula is C13H11N5O. The van der Waals surface area contributed by atoms with Crippen LogP contribution in [0.4, 0.5) is 5.69 Å². The van der Waals surface area contributed by atoms with Crippen molar-refractivity contribution in [1.82, 2.24) is 19.4 Å². The first-order chi connectivity index (χ1) is 9.22. The Morgan fingerprint density at radius 1 is 1.21 bits per heavy atom. The molecule has 3 aromatic rings. The van der Waals surface area contributed by atoms with Crippen LogP contribution in [-0.4, -0.2) is 25.3 Å². The number of hydrogen-bond donors (Lipinski definition) is 1. The Balaban J connectivity index is 1.87. The van der Waals surface area contributed by atoms with Gasteiger partial charge >= 0.3 is 0 Å². The van der Waals surface area contributed by atoms with E-state index < -0.39 is 0 Å². The fourth-order valence-corrected chi connectivity index (χ4v) is 1.81. The predicted molar refractivity (Wildman–Crippen MR) is 69.9 cm³/mol. The van der Waals surface area contributed by atoms with Crippen molar-refractivity contribution in [1.29, 1.82) is 0 Å². The van der Waals surface area contributed by atoms with Crippen molar-refractivity contribution in [2.24, 2.45) is 0 Å². The molecule has 1 N–H and O–H groups in total. The molecule has 3 heterocycles. The first kappa shape index (κ1) is 11.3. The molecule has 3 rings (SSSR count). The van der Waals surface area contributed by atoms with Crippen LogP contribution in [0.2, 0.25) is 0 Å². The van der Waals surface area contributed by atoms with E-state index in [4.69, 9.17) is 0 Å². The average molecular weight is 253 g/mol. The third kappa shape index (κ3) is 2.28. The van der Waals surface area contributed by atoms with Crippen LogP contribution >= 0.6 is 0 Å². The number of aromatic nitrogens is 4. The number of amides is 1. The van der Waals surface area contributed by atoms with Gasteiger partial charge in [0, 0.05) is 24.8 Å². The molecule has 3 aromatic heterocycles. The molecule has 0 aliphatic carbocycles. The van der Waals surface area contributed by atoms with Gasteiger partial charge in [0.2, 0.25) is 0 Å². The zero-order valence-electron chi connectivity index (χ0n) is 10.2. The van der Waals surface area contributed by atoms with E-state index in [2.05, 4.69) is 20.3 Å². The summed E-state index contributed by atoms with van der Waals surface area (Å²) in [6, 6.07) is 3.66. The molecule has 0 saturated heterocycles. The largest absolute Gasteiger partial charge is 0.321 e. The van der Waals surface area contributed by atoms with Gasteiger partial charge in [-0.1, -0.05) is 0 Å². The molecule has 19 heavy (non-hydrogen) atoms. The van der Waals surface area contributed by atoms with E-state index in [0.29, 0.717) is 11.3 Å². The molecule has 0 bridgehead atoms. The number of fused-ring (bicyclic) bond motifs is 1. The molecule has 0 aromatic carbocycles. The minimum absolute atomic E-state index is 0.239. The zero-order valence-corrected chi connectivity index (χ0v) is 10.2. The summed E-state index contributed by atoms with van der Waals surface area (Å²) in [7, 11) is 0. The lowest BCUT2D eigenvalue weighted by atomic mass is 10.3. The molecule has 6 nitrogen and oxygen atoms in total. The summed E-state index contributed by atoms with van der Waals surface area (Å²) in [4.78, 5) is 23.9. The topological polar surface area (TPSA) is 72.2 Å². The molecule has 6 heteroatoms. The number of imidazole rings is 1. The maximum Gasteiger partial charge on any atom is 0.258 e. The Bertz CT molecular complexity index is 735. The van der Waals surface area contributed by atoms with Crippen LogP contribution < -0.4 is 5.32 Å². The monoisotopic (exact) mass is 253 g/mol. The quantitative estimate of drug-likeness (QED) is 0.754. The second-order valence-corrected chi connectivity index (χ2v) is 4.15. The number of pyridine rings is 1. The number of nitrogens with one attached hydrogen (secondary N) is 1. The van der Waals surface area contributed by atoms with Crippen LogP contribution in [0.1, 0.15) is 16.1 Å². The van der Waals surface area contributed by atoms with E-state index in [-0.39, 0.29) is 5.91 Å². The number of anilines is 1. The highest BCUT2D eigenvalue weighted by molar-refractivity contribution is 6.03. The smallest absolute Gasteiger partial charge is 0.258 e. The third-order valence-corrected chi connectivity index (χ3v) is 2.65. The van der Waals surface area contributed by atoms with Gasteiger partial charge in [0.25, 0.3) is 5.91 Å². The fraction of sp³-hybridized carbons (Fsp3) is 0.0769. The number of carbonyl (C=O) groups is 1. The molecule has 0 fully saturated rings. The summed E-state index contributed by atoms with van der Waals surface area (Å²) in [6.07, 6.45) is 8.05. The maximum absolute atomic E-state index is 11.9. The summed E-state index contributed by atoms with van der Waals surface area (Å²) in [5.41, 5.74) is 2.89. The Hall–Kier alpha value is -2.76. The molecule has 1 amide bonds. The third-order valence-electron chi connectivity index (χ3n) is 2.65. The Morgan fingerprint density at radius 3 is 2.79 bits per heavy atom. The van der Waals surface area contributed by atoms with Gasteiger partial charge in [-0.25, -0.2) is 15.0 Å². The van der Waals surface area contributed by atoms with E-state index in [1.807, 2.05) is 35.9 Å². The lowest BCUT2D eigenvalue weighted by Crippen LogP contribution is -2.12. The maximum atomic E-state index is 11.9. The predicted octanol–water partition coefficient (Wildman–Crippen LogP) is 1.69. The lowest BCUT2D eigenvalue weighted by molar-refractivity contribution is 0.102. The van der Waals surface area contributed by atoms with Crippen LogP contribution in [0, 0.1) is 6.92 Å².